The SMILES string of the molecule is C[C@@H]1CN(C[C@H]2CN(Cc3ccncc3)C[C@H]2CO)C[C@H](C)O1. The van der Waals surface area contributed by atoms with Crippen LogP contribution in [0.15, 0.2) is 24.5 Å². The summed E-state index contributed by atoms with van der Waals surface area (Å²) in [5.41, 5.74) is 1.30. The van der Waals surface area contributed by atoms with Crippen LogP contribution in [0.5, 0.6) is 0 Å². The van der Waals surface area contributed by atoms with E-state index in [4.69, 9.17) is 4.74 Å². The molecule has 1 aromatic heterocycles. The van der Waals surface area contributed by atoms with E-state index in [2.05, 4.69) is 40.8 Å². The van der Waals surface area contributed by atoms with Crippen molar-refractivity contribution in [1.29, 1.82) is 0 Å². The molecule has 0 saturated carbocycles. The molecule has 2 saturated heterocycles. The lowest BCUT2D eigenvalue weighted by atomic mass is 9.96. The lowest BCUT2D eigenvalue weighted by Gasteiger charge is -2.37. The summed E-state index contributed by atoms with van der Waals surface area (Å²) in [6.07, 6.45) is 4.31. The second-order valence-electron chi connectivity index (χ2n) is 7.23. The maximum absolute atomic E-state index is 9.77. The monoisotopic (exact) mass is 319 g/mol. The predicted molar refractivity (Wildman–Crippen MR) is 90.0 cm³/mol. The van der Waals surface area contributed by atoms with Crippen molar-refractivity contribution >= 4 is 0 Å². The van der Waals surface area contributed by atoms with Gasteiger partial charge in [-0.25, -0.2) is 0 Å². The summed E-state index contributed by atoms with van der Waals surface area (Å²) in [6, 6.07) is 4.15. The Morgan fingerprint density at radius 3 is 2.35 bits per heavy atom. The third kappa shape index (κ3) is 4.51. The van der Waals surface area contributed by atoms with Gasteiger partial charge in [-0.1, -0.05) is 0 Å². The average Bonchev–Trinajstić information content (AvgIpc) is 2.88. The molecule has 2 aliphatic heterocycles. The molecule has 5 heteroatoms. The number of morpholine rings is 1. The molecule has 0 unspecified atom stereocenters. The van der Waals surface area contributed by atoms with Gasteiger partial charge in [0.25, 0.3) is 0 Å². The Bertz CT molecular complexity index is 474. The minimum absolute atomic E-state index is 0.285. The van der Waals surface area contributed by atoms with Gasteiger partial charge in [0, 0.05) is 58.3 Å². The van der Waals surface area contributed by atoms with Gasteiger partial charge in [-0.3, -0.25) is 14.8 Å². The summed E-state index contributed by atoms with van der Waals surface area (Å²) in [7, 11) is 0. The zero-order valence-electron chi connectivity index (χ0n) is 14.3. The number of aromatic nitrogens is 1. The number of hydrogen-bond acceptors (Lipinski definition) is 5. The van der Waals surface area contributed by atoms with Crippen LogP contribution in [0.25, 0.3) is 0 Å². The largest absolute Gasteiger partial charge is 0.396 e. The van der Waals surface area contributed by atoms with E-state index in [9.17, 15) is 5.11 Å². The molecule has 0 aliphatic carbocycles. The van der Waals surface area contributed by atoms with Crippen molar-refractivity contribution in [2.24, 2.45) is 11.8 Å². The first-order valence-electron chi connectivity index (χ1n) is 8.74. The van der Waals surface area contributed by atoms with E-state index in [1.54, 1.807) is 0 Å². The molecule has 0 bridgehead atoms. The molecule has 0 spiro atoms. The Kier molecular flexibility index (Phi) is 5.64. The molecule has 1 aromatic rings. The first-order chi connectivity index (χ1) is 11.1. The summed E-state index contributed by atoms with van der Waals surface area (Å²) in [4.78, 5) is 9.06. The number of rotatable bonds is 5. The Hall–Kier alpha value is -1.01. The number of aliphatic hydroxyl groups excluding tert-OH is 1. The van der Waals surface area contributed by atoms with Crippen molar-refractivity contribution in [1.82, 2.24) is 14.8 Å². The molecule has 3 rings (SSSR count). The molecule has 0 aromatic carbocycles. The number of likely N-dealkylation sites (tertiary alicyclic amines) is 1. The summed E-state index contributed by atoms with van der Waals surface area (Å²) in [5.74, 6) is 0.921. The molecule has 0 amide bonds. The fourth-order valence-electron chi connectivity index (χ4n) is 4.09. The van der Waals surface area contributed by atoms with Crippen LogP contribution >= 0.6 is 0 Å². The van der Waals surface area contributed by atoms with Crippen LogP contribution in [-0.2, 0) is 11.3 Å². The maximum Gasteiger partial charge on any atom is 0.0678 e. The minimum atomic E-state index is 0.285. The molecule has 4 atom stereocenters. The molecular formula is C18H29N3O2. The number of pyridine rings is 1. The molecule has 2 fully saturated rings. The Labute approximate surface area is 139 Å². The lowest BCUT2D eigenvalue weighted by Crippen LogP contribution is -2.48. The van der Waals surface area contributed by atoms with Crippen molar-refractivity contribution in [2.75, 3.05) is 39.3 Å². The van der Waals surface area contributed by atoms with Gasteiger partial charge in [-0.2, -0.15) is 0 Å². The normalized spacial score (nSPS) is 33.2. The van der Waals surface area contributed by atoms with E-state index in [1.807, 2.05) is 12.4 Å². The number of aliphatic hydroxyl groups is 1. The van der Waals surface area contributed by atoms with Crippen LogP contribution in [0, 0.1) is 11.8 Å². The van der Waals surface area contributed by atoms with E-state index in [1.165, 1.54) is 5.56 Å². The zero-order valence-corrected chi connectivity index (χ0v) is 14.3. The molecule has 23 heavy (non-hydrogen) atoms. The number of hydrogen-bond donors (Lipinski definition) is 1. The second kappa shape index (κ2) is 7.71. The van der Waals surface area contributed by atoms with E-state index >= 15 is 0 Å². The smallest absolute Gasteiger partial charge is 0.0678 e. The predicted octanol–water partition coefficient (Wildman–Crippen LogP) is 1.23. The van der Waals surface area contributed by atoms with Crippen molar-refractivity contribution in [3.05, 3.63) is 30.1 Å². The van der Waals surface area contributed by atoms with Crippen LogP contribution in [0.2, 0.25) is 0 Å². The zero-order chi connectivity index (χ0) is 16.2. The second-order valence-corrected chi connectivity index (χ2v) is 7.23. The van der Waals surface area contributed by atoms with E-state index in [0.29, 0.717) is 24.0 Å². The first-order valence-corrected chi connectivity index (χ1v) is 8.74. The molecule has 3 heterocycles. The van der Waals surface area contributed by atoms with Gasteiger partial charge < -0.3 is 9.84 Å². The third-order valence-corrected chi connectivity index (χ3v) is 5.03. The summed E-state index contributed by atoms with van der Waals surface area (Å²) >= 11 is 0. The van der Waals surface area contributed by atoms with Gasteiger partial charge in [-0.15, -0.1) is 0 Å². The van der Waals surface area contributed by atoms with Crippen LogP contribution in [-0.4, -0.2) is 71.4 Å². The fourth-order valence-corrected chi connectivity index (χ4v) is 4.09. The first kappa shape index (κ1) is 16.8. The average molecular weight is 319 g/mol. The van der Waals surface area contributed by atoms with Crippen molar-refractivity contribution in [3.63, 3.8) is 0 Å². The molecule has 1 N–H and O–H groups in total. The summed E-state index contributed by atoms with van der Waals surface area (Å²) < 4.78 is 5.83. The molecular weight excluding hydrogens is 290 g/mol. The fraction of sp³-hybridized carbons (Fsp3) is 0.722. The minimum Gasteiger partial charge on any atom is -0.396 e. The Morgan fingerprint density at radius 2 is 1.70 bits per heavy atom. The molecule has 2 aliphatic rings. The highest BCUT2D eigenvalue weighted by atomic mass is 16.5. The van der Waals surface area contributed by atoms with Crippen molar-refractivity contribution in [3.8, 4) is 0 Å². The highest BCUT2D eigenvalue weighted by Crippen LogP contribution is 2.26. The van der Waals surface area contributed by atoms with Crippen LogP contribution in [0.1, 0.15) is 19.4 Å². The molecule has 0 radical (unpaired) electrons. The number of ether oxygens (including phenoxy) is 1. The van der Waals surface area contributed by atoms with E-state index < -0.39 is 0 Å². The summed E-state index contributed by atoms with van der Waals surface area (Å²) in [6.45, 7) is 10.7. The van der Waals surface area contributed by atoms with Gasteiger partial charge in [0.1, 0.15) is 0 Å². The Balaban J connectivity index is 1.56. The van der Waals surface area contributed by atoms with Gasteiger partial charge in [-0.05, 0) is 43.4 Å². The standard InChI is InChI=1S/C18H29N3O2/c1-14-7-20(8-15(2)23-14)10-17-11-21(12-18(17)13-22)9-16-3-5-19-6-4-16/h3-6,14-15,17-18,22H,7-13H2,1-2H3/t14-,15+,17-,18-/m0/s1. The van der Waals surface area contributed by atoms with E-state index in [-0.39, 0.29) is 6.61 Å². The van der Waals surface area contributed by atoms with Gasteiger partial charge >= 0.3 is 0 Å². The van der Waals surface area contributed by atoms with Crippen LogP contribution < -0.4 is 0 Å². The molecule has 128 valence electrons. The highest BCUT2D eigenvalue weighted by molar-refractivity contribution is 5.10. The number of nitrogens with zero attached hydrogens (tertiary/aromatic N) is 3. The Morgan fingerprint density at radius 1 is 1.04 bits per heavy atom. The lowest BCUT2D eigenvalue weighted by molar-refractivity contribution is -0.0727. The van der Waals surface area contributed by atoms with Crippen molar-refractivity contribution in [2.45, 2.75) is 32.6 Å². The van der Waals surface area contributed by atoms with Gasteiger partial charge in [0.15, 0.2) is 0 Å². The highest BCUT2D eigenvalue weighted by Gasteiger charge is 2.34. The molecule has 5 nitrogen and oxygen atoms in total. The topological polar surface area (TPSA) is 48.8 Å². The third-order valence-electron chi connectivity index (χ3n) is 5.03. The van der Waals surface area contributed by atoms with Crippen LogP contribution in [0.4, 0.5) is 0 Å². The van der Waals surface area contributed by atoms with Crippen LogP contribution in [0.3, 0.4) is 0 Å². The van der Waals surface area contributed by atoms with E-state index in [0.717, 1.165) is 39.3 Å². The van der Waals surface area contributed by atoms with Gasteiger partial charge in [0.05, 0.1) is 12.2 Å². The van der Waals surface area contributed by atoms with Gasteiger partial charge in [0.2, 0.25) is 0 Å². The van der Waals surface area contributed by atoms with Crippen molar-refractivity contribution < 1.29 is 9.84 Å². The quantitative estimate of drug-likeness (QED) is 0.885. The summed E-state index contributed by atoms with van der Waals surface area (Å²) in [5, 5.41) is 9.77. The maximum atomic E-state index is 9.77.